The van der Waals surface area contributed by atoms with E-state index in [1.807, 2.05) is 6.92 Å². The van der Waals surface area contributed by atoms with Gasteiger partial charge in [0.1, 0.15) is 11.5 Å². The summed E-state index contributed by atoms with van der Waals surface area (Å²) in [5, 5.41) is 2.74. The molecule has 1 atom stereocenters. The van der Waals surface area contributed by atoms with Gasteiger partial charge in [-0.05, 0) is 42.8 Å². The Labute approximate surface area is 146 Å². The minimum Gasteiger partial charge on any atom is -0.344 e. The maximum atomic E-state index is 12.4. The molecule has 0 saturated carbocycles. The van der Waals surface area contributed by atoms with Crippen LogP contribution in [0.5, 0.6) is 0 Å². The minimum absolute atomic E-state index is 0.0102. The van der Waals surface area contributed by atoms with Gasteiger partial charge in [0.2, 0.25) is 0 Å². The van der Waals surface area contributed by atoms with Crippen LogP contribution in [0.15, 0.2) is 40.0 Å². The second-order valence-electron chi connectivity index (χ2n) is 5.27. The zero-order valence-electron chi connectivity index (χ0n) is 13.5. The summed E-state index contributed by atoms with van der Waals surface area (Å²) in [5.41, 5.74) is -4.11. The molecular formula is C16H16F3N3O2S. The average molecular weight is 371 g/mol. The number of nitrogens with one attached hydrogen (secondary N) is 2. The molecule has 0 radical (unpaired) electrons. The molecule has 9 heteroatoms. The highest BCUT2D eigenvalue weighted by Gasteiger charge is 2.29. The zero-order chi connectivity index (χ0) is 18.6. The second-order valence-corrected chi connectivity index (χ2v) is 6.41. The number of alkyl halides is 3. The molecule has 0 aliphatic rings. The largest absolute Gasteiger partial charge is 0.446 e. The van der Waals surface area contributed by atoms with Gasteiger partial charge in [0.15, 0.2) is 0 Å². The molecule has 0 aliphatic carbocycles. The van der Waals surface area contributed by atoms with E-state index >= 15 is 0 Å². The Morgan fingerprint density at radius 1 is 1.32 bits per heavy atom. The van der Waals surface area contributed by atoms with E-state index in [1.54, 1.807) is 19.1 Å². The fourth-order valence-corrected chi connectivity index (χ4v) is 2.79. The Morgan fingerprint density at radius 2 is 1.96 bits per heavy atom. The van der Waals surface area contributed by atoms with E-state index in [1.165, 1.54) is 12.1 Å². The monoisotopic (exact) mass is 371 g/mol. The summed E-state index contributed by atoms with van der Waals surface area (Å²) < 4.78 is 37.1. The Balaban J connectivity index is 2.14. The van der Waals surface area contributed by atoms with Crippen molar-refractivity contribution in [3.8, 4) is 0 Å². The number of carbonyl (C=O) groups is 1. The number of aryl methyl sites for hydroxylation is 1. The molecule has 1 aromatic carbocycles. The van der Waals surface area contributed by atoms with Crippen LogP contribution in [0.1, 0.15) is 41.3 Å². The van der Waals surface area contributed by atoms with Gasteiger partial charge in [-0.25, -0.2) is 4.98 Å². The molecule has 1 heterocycles. The second kappa shape index (κ2) is 7.73. The predicted molar refractivity (Wildman–Crippen MR) is 88.4 cm³/mol. The van der Waals surface area contributed by atoms with Crippen molar-refractivity contribution in [1.29, 1.82) is 0 Å². The van der Waals surface area contributed by atoms with Crippen LogP contribution in [-0.4, -0.2) is 21.4 Å². The van der Waals surface area contributed by atoms with E-state index in [4.69, 9.17) is 0 Å². The van der Waals surface area contributed by atoms with E-state index in [0.29, 0.717) is 17.8 Å². The average Bonchev–Trinajstić information content (AvgIpc) is 2.51. The molecular weight excluding hydrogens is 355 g/mol. The van der Waals surface area contributed by atoms with Crippen molar-refractivity contribution in [2.45, 2.75) is 36.7 Å². The molecule has 0 aliphatic heterocycles. The van der Waals surface area contributed by atoms with Crippen molar-refractivity contribution in [3.05, 3.63) is 57.8 Å². The Kier molecular flexibility index (Phi) is 5.89. The van der Waals surface area contributed by atoms with Crippen LogP contribution in [0.2, 0.25) is 0 Å². The van der Waals surface area contributed by atoms with Gasteiger partial charge in [-0.3, -0.25) is 9.59 Å². The highest BCUT2D eigenvalue weighted by Crippen LogP contribution is 2.37. The van der Waals surface area contributed by atoms with E-state index in [9.17, 15) is 22.8 Å². The third-order valence-electron chi connectivity index (χ3n) is 3.32. The molecule has 134 valence electrons. The Hall–Kier alpha value is -2.29. The number of rotatable bonds is 5. The smallest absolute Gasteiger partial charge is 0.344 e. The van der Waals surface area contributed by atoms with Gasteiger partial charge in [-0.2, -0.15) is 13.2 Å². The lowest BCUT2D eigenvalue weighted by atomic mass is 10.0. The molecule has 0 saturated heterocycles. The molecule has 2 rings (SSSR count). The van der Waals surface area contributed by atoms with Crippen LogP contribution >= 0.6 is 11.8 Å². The van der Waals surface area contributed by atoms with Crippen LogP contribution in [0.3, 0.4) is 0 Å². The lowest BCUT2D eigenvalue weighted by Crippen LogP contribution is -2.30. The number of nitrogens with zero attached hydrogens (tertiary/aromatic N) is 1. The van der Waals surface area contributed by atoms with Gasteiger partial charge in [0.05, 0.1) is 6.04 Å². The van der Waals surface area contributed by atoms with Crippen molar-refractivity contribution < 1.29 is 18.0 Å². The van der Waals surface area contributed by atoms with Gasteiger partial charge in [0.25, 0.3) is 11.5 Å². The first-order valence-corrected chi connectivity index (χ1v) is 8.24. The summed E-state index contributed by atoms with van der Waals surface area (Å²) in [4.78, 5) is 30.2. The summed E-state index contributed by atoms with van der Waals surface area (Å²) in [6, 6.07) is 6.49. The van der Waals surface area contributed by atoms with Crippen molar-refractivity contribution in [2.24, 2.45) is 0 Å². The van der Waals surface area contributed by atoms with Gasteiger partial charge < -0.3 is 10.3 Å². The summed E-state index contributed by atoms with van der Waals surface area (Å²) in [6.07, 6.45) is 0.527. The van der Waals surface area contributed by atoms with Gasteiger partial charge >= 0.3 is 5.51 Å². The fraction of sp³-hybridized carbons (Fsp3) is 0.312. The van der Waals surface area contributed by atoms with Crippen LogP contribution in [0.25, 0.3) is 0 Å². The van der Waals surface area contributed by atoms with Gasteiger partial charge in [-0.1, -0.05) is 19.1 Å². The maximum absolute atomic E-state index is 12.4. The van der Waals surface area contributed by atoms with Crippen molar-refractivity contribution >= 4 is 17.7 Å². The lowest BCUT2D eigenvalue weighted by Gasteiger charge is -2.18. The topological polar surface area (TPSA) is 74.8 Å². The highest BCUT2D eigenvalue weighted by molar-refractivity contribution is 8.00. The third kappa shape index (κ3) is 5.63. The molecule has 0 unspecified atom stereocenters. The molecule has 1 amide bonds. The van der Waals surface area contributed by atoms with Crippen LogP contribution < -0.4 is 10.9 Å². The summed E-state index contributed by atoms with van der Waals surface area (Å²) in [6.45, 7) is 3.40. The van der Waals surface area contributed by atoms with E-state index < -0.39 is 23.0 Å². The summed E-state index contributed by atoms with van der Waals surface area (Å²) in [7, 11) is 0. The van der Waals surface area contributed by atoms with Crippen LogP contribution in [-0.2, 0) is 0 Å². The number of aromatic nitrogens is 2. The standard InChI is InChI=1S/C16H16F3N3O2S/c1-3-12(10-4-6-11(7-5-10)25-16(17,18)19)22-15(24)13-8-14(23)21-9(2)20-13/h4-8,12H,3H2,1-2H3,(H,22,24)(H,20,21,23)/t12-/m1/s1. The fourth-order valence-electron chi connectivity index (χ4n) is 2.25. The molecule has 2 N–H and O–H groups in total. The lowest BCUT2D eigenvalue weighted by molar-refractivity contribution is -0.0328. The molecule has 0 spiro atoms. The van der Waals surface area contributed by atoms with E-state index in [0.717, 1.165) is 6.07 Å². The first kappa shape index (κ1) is 19.0. The number of halogens is 3. The van der Waals surface area contributed by atoms with E-state index in [-0.39, 0.29) is 22.4 Å². The summed E-state index contributed by atoms with van der Waals surface area (Å²) >= 11 is -0.193. The number of benzene rings is 1. The SMILES string of the molecule is CC[C@@H](NC(=O)c1cc(=O)[nH]c(C)n1)c1ccc(SC(F)(F)F)cc1. The van der Waals surface area contributed by atoms with Gasteiger partial charge in [0, 0.05) is 11.0 Å². The van der Waals surface area contributed by atoms with Crippen LogP contribution in [0.4, 0.5) is 13.2 Å². The van der Waals surface area contributed by atoms with Crippen molar-refractivity contribution in [1.82, 2.24) is 15.3 Å². The Bertz CT molecular complexity index is 804. The zero-order valence-corrected chi connectivity index (χ0v) is 14.3. The number of amides is 1. The van der Waals surface area contributed by atoms with Crippen molar-refractivity contribution in [3.63, 3.8) is 0 Å². The Morgan fingerprint density at radius 3 is 2.48 bits per heavy atom. The number of carbonyl (C=O) groups excluding carboxylic acids is 1. The quantitative estimate of drug-likeness (QED) is 0.788. The number of H-pyrrole nitrogens is 1. The minimum atomic E-state index is -4.34. The normalized spacial score (nSPS) is 12.7. The number of thioether (sulfide) groups is 1. The third-order valence-corrected chi connectivity index (χ3v) is 4.06. The first-order chi connectivity index (χ1) is 11.7. The molecule has 0 fully saturated rings. The molecule has 25 heavy (non-hydrogen) atoms. The molecule has 0 bridgehead atoms. The number of hydrogen-bond acceptors (Lipinski definition) is 4. The molecule has 2 aromatic rings. The molecule has 1 aromatic heterocycles. The first-order valence-electron chi connectivity index (χ1n) is 7.42. The van der Waals surface area contributed by atoms with Crippen LogP contribution in [0, 0.1) is 6.92 Å². The number of aromatic amines is 1. The van der Waals surface area contributed by atoms with Gasteiger partial charge in [-0.15, -0.1) is 0 Å². The highest BCUT2D eigenvalue weighted by atomic mass is 32.2. The predicted octanol–water partition coefficient (Wildman–Crippen LogP) is 3.57. The number of hydrogen-bond donors (Lipinski definition) is 2. The maximum Gasteiger partial charge on any atom is 0.446 e. The molecule has 5 nitrogen and oxygen atoms in total. The summed E-state index contributed by atoms with van der Waals surface area (Å²) in [5.74, 6) is -0.200. The van der Waals surface area contributed by atoms with E-state index in [2.05, 4.69) is 15.3 Å². The van der Waals surface area contributed by atoms with Crippen molar-refractivity contribution in [2.75, 3.05) is 0 Å².